The predicted molar refractivity (Wildman–Crippen MR) is 282 cm³/mol. The van der Waals surface area contributed by atoms with Crippen LogP contribution in [0.2, 0.25) is 0 Å². The fourth-order valence-corrected chi connectivity index (χ4v) is 16.4. The number of hydrogen-bond acceptors (Lipinski definition) is 20. The Bertz CT molecular complexity index is 2600. The first-order valence-electron chi connectivity index (χ1n) is 28.8. The van der Waals surface area contributed by atoms with E-state index in [1.165, 1.54) is 6.08 Å². The molecule has 0 aromatic heterocycles. The number of aliphatic hydroxyl groups excluding tert-OH is 2. The molecule has 1 unspecified atom stereocenters. The third-order valence-electron chi connectivity index (χ3n) is 20.0. The van der Waals surface area contributed by atoms with Gasteiger partial charge in [0.05, 0.1) is 127 Å². The molecule has 5 N–H and O–H groups in total. The normalized spacial score (nSPS) is 50.4. The molecule has 11 aliphatic heterocycles. The molecule has 24 heteroatoms. The SMILES string of the molecule is C=CC(O)C(=C)/C=C/[C@@](C)(O)[C@H]1O[C@@H]2C[C@@H]3O[C@@H]4C[C@@H]5O[C@@H]6C[C@@H]7O[C@@H]8C[C@@H]9O[C@@H]%10C[C@@H]%11O[C@](C)(CCCOS(=O)(=O)O)[C@@H](OS(=O)(=O)O)C[C@H]%11O[C@H]%10C[C@H]9O[C@H]8CC[C@@]7(C)O[C@@]6(C)CC[C@H](C)[C@H]5O[C@H]4[C@@H](O)[C@]3(C)O[C@H]2CC1=C. The van der Waals surface area contributed by atoms with Gasteiger partial charge in [-0.2, -0.15) is 16.8 Å². The Labute approximate surface area is 470 Å². The van der Waals surface area contributed by atoms with E-state index >= 15 is 0 Å². The summed E-state index contributed by atoms with van der Waals surface area (Å²) in [5, 5.41) is 34.1. The Morgan fingerprint density at radius 1 is 0.713 bits per heavy atom. The van der Waals surface area contributed by atoms with Crippen molar-refractivity contribution in [3.05, 3.63) is 49.1 Å². The lowest BCUT2D eigenvalue weighted by Gasteiger charge is -2.61. The zero-order valence-electron chi connectivity index (χ0n) is 46.7. The quantitative estimate of drug-likeness (QED) is 0.0782. The van der Waals surface area contributed by atoms with Gasteiger partial charge in [-0.05, 0) is 96.6 Å². The van der Waals surface area contributed by atoms with E-state index in [9.17, 15) is 36.7 Å². The van der Waals surface area contributed by atoms with Gasteiger partial charge in [-0.3, -0.25) is 9.11 Å². The fourth-order valence-electron chi connectivity index (χ4n) is 15.5. The Morgan fingerprint density at radius 3 is 1.93 bits per heavy atom. The van der Waals surface area contributed by atoms with Crippen LogP contribution < -0.4 is 0 Å². The van der Waals surface area contributed by atoms with Crippen LogP contribution in [0.5, 0.6) is 0 Å². The Hall–Kier alpha value is -1.86. The van der Waals surface area contributed by atoms with Crippen LogP contribution in [-0.4, -0.2) is 204 Å². The highest BCUT2D eigenvalue weighted by Crippen LogP contribution is 2.54. The van der Waals surface area contributed by atoms with Gasteiger partial charge in [0.25, 0.3) is 0 Å². The minimum Gasteiger partial charge on any atom is -0.387 e. The largest absolute Gasteiger partial charge is 0.397 e. The molecule has 80 heavy (non-hydrogen) atoms. The molecule has 11 rings (SSSR count). The number of fused-ring (bicyclic) bond motifs is 10. The molecular formula is C56H84O22S2. The van der Waals surface area contributed by atoms with E-state index in [0.717, 1.165) is 6.42 Å². The van der Waals surface area contributed by atoms with Gasteiger partial charge >= 0.3 is 20.8 Å². The molecule has 11 heterocycles. The van der Waals surface area contributed by atoms with Gasteiger partial charge in [-0.15, -0.1) is 6.58 Å². The van der Waals surface area contributed by atoms with E-state index < -0.39 is 134 Å². The maximum Gasteiger partial charge on any atom is 0.397 e. The van der Waals surface area contributed by atoms with Gasteiger partial charge in [0, 0.05) is 44.9 Å². The van der Waals surface area contributed by atoms with Gasteiger partial charge in [0.2, 0.25) is 0 Å². The van der Waals surface area contributed by atoms with E-state index in [2.05, 4.69) is 44.7 Å². The first-order valence-corrected chi connectivity index (χ1v) is 31.5. The van der Waals surface area contributed by atoms with E-state index in [1.54, 1.807) is 26.0 Å². The topological polar surface area (TPSA) is 289 Å². The van der Waals surface area contributed by atoms with Crippen LogP contribution in [0.4, 0.5) is 0 Å². The highest BCUT2D eigenvalue weighted by molar-refractivity contribution is 7.81. The molecule has 0 aliphatic carbocycles. The minimum atomic E-state index is -4.91. The predicted octanol–water partition coefficient (Wildman–Crippen LogP) is 4.42. The zero-order valence-corrected chi connectivity index (χ0v) is 48.3. The number of ether oxygens (including phenoxy) is 11. The van der Waals surface area contributed by atoms with Crippen LogP contribution in [0.15, 0.2) is 49.1 Å². The average Bonchev–Trinajstić information content (AvgIpc) is 3.51. The van der Waals surface area contributed by atoms with Crippen molar-refractivity contribution in [3.63, 3.8) is 0 Å². The molecule has 22 nitrogen and oxygen atoms in total. The number of rotatable bonds is 12. The second kappa shape index (κ2) is 21.8. The summed E-state index contributed by atoms with van der Waals surface area (Å²) in [6.45, 7) is 23.0. The van der Waals surface area contributed by atoms with Crippen LogP contribution in [0.1, 0.15) is 131 Å². The summed E-state index contributed by atoms with van der Waals surface area (Å²) in [5.41, 5.74) is -4.23. The van der Waals surface area contributed by atoms with Crippen LogP contribution in [-0.2, 0) is 81.3 Å². The summed E-state index contributed by atoms with van der Waals surface area (Å²) >= 11 is 0. The second-order valence-corrected chi connectivity index (χ2v) is 28.1. The van der Waals surface area contributed by atoms with Gasteiger partial charge in [0.15, 0.2) is 0 Å². The summed E-state index contributed by atoms with van der Waals surface area (Å²) in [6.07, 6.45) is -0.374. The third-order valence-corrected chi connectivity index (χ3v) is 21.0. The molecular weight excluding hydrogens is 1090 g/mol. The number of aliphatic hydroxyl groups is 3. The van der Waals surface area contributed by atoms with Crippen molar-refractivity contribution in [2.24, 2.45) is 5.92 Å². The fraction of sp³-hybridized carbons (Fsp3) is 0.857. The van der Waals surface area contributed by atoms with Crippen LogP contribution in [0.3, 0.4) is 0 Å². The number of hydrogen-bond donors (Lipinski definition) is 5. The molecule has 0 radical (unpaired) electrons. The molecule has 11 aliphatic rings. The standard InChI is InChI=1S/C56H84O22S2/c1-10-31(57)28(2)12-16-52(5,59)51-30(4)20-40-39(73-51)26-47-56(9,76-40)50(58)49-43(72-47)24-42-48(74-49)29(3)13-17-54(7)45(71-42)27-44-55(8,78-54)18-14-32-33(70-44)21-35-34(67-32)22-36-37(68-35)23-41-38(69-36)25-46(77-80(63,64)65)53(6,75-41)15-11-19-66-79(60,61)62/h10,12,16,29,31-51,57-59H,1-2,4,11,13-15,17-27H2,3,5-9H3,(H,60,61,62)(H,63,64,65)/b16-12+/t29-,31?,32-,33+,34+,35-,36-,37+,38+,39+,40-,41-,42-,43+,44-,45+,46-,47-,48+,49+,50+,51-,52+,53+,54-,55+,56+/m0/s1. The minimum absolute atomic E-state index is 0.0538. The van der Waals surface area contributed by atoms with Crippen LogP contribution in [0, 0.1) is 5.92 Å². The molecule has 0 bridgehead atoms. The molecule has 0 aromatic carbocycles. The maximum atomic E-state index is 12.3. The molecule has 11 saturated heterocycles. The van der Waals surface area contributed by atoms with Gasteiger partial charge < -0.3 is 67.4 Å². The van der Waals surface area contributed by atoms with E-state index in [1.807, 2.05) is 6.92 Å². The first-order chi connectivity index (χ1) is 37.4. The third kappa shape index (κ3) is 11.6. The first kappa shape index (κ1) is 59.9. The lowest BCUT2D eigenvalue weighted by atomic mass is 9.73. The Kier molecular flexibility index (Phi) is 16.3. The van der Waals surface area contributed by atoms with Crippen molar-refractivity contribution in [2.75, 3.05) is 6.61 Å². The van der Waals surface area contributed by atoms with Crippen molar-refractivity contribution < 1.29 is 102 Å². The summed E-state index contributed by atoms with van der Waals surface area (Å²) in [4.78, 5) is 0. The molecule has 452 valence electrons. The summed E-state index contributed by atoms with van der Waals surface area (Å²) in [5.74, 6) is 0.0538. The van der Waals surface area contributed by atoms with Gasteiger partial charge in [-0.25, -0.2) is 8.37 Å². The molecule has 0 spiro atoms. The lowest BCUT2D eigenvalue weighted by molar-refractivity contribution is -0.369. The second-order valence-electron chi connectivity index (χ2n) is 26.0. The van der Waals surface area contributed by atoms with Gasteiger partial charge in [0.1, 0.15) is 35.6 Å². The maximum absolute atomic E-state index is 12.3. The average molecular weight is 1170 g/mol. The lowest BCUT2D eigenvalue weighted by Crippen LogP contribution is -2.74. The summed E-state index contributed by atoms with van der Waals surface area (Å²) in [7, 11) is -9.60. The smallest absolute Gasteiger partial charge is 0.387 e. The highest BCUT2D eigenvalue weighted by Gasteiger charge is 2.65. The Balaban J connectivity index is 0.744. The molecule has 0 amide bonds. The molecule has 11 fully saturated rings. The van der Waals surface area contributed by atoms with Crippen molar-refractivity contribution in [2.45, 2.75) is 288 Å². The van der Waals surface area contributed by atoms with E-state index in [4.69, 9.17) is 60.8 Å². The summed E-state index contributed by atoms with van der Waals surface area (Å²) < 4.78 is 151. The molecule has 0 saturated carbocycles. The summed E-state index contributed by atoms with van der Waals surface area (Å²) in [6, 6.07) is 0. The van der Waals surface area contributed by atoms with Crippen molar-refractivity contribution in [1.29, 1.82) is 0 Å². The van der Waals surface area contributed by atoms with E-state index in [0.29, 0.717) is 75.4 Å². The van der Waals surface area contributed by atoms with Gasteiger partial charge in [-0.1, -0.05) is 38.3 Å². The highest BCUT2D eigenvalue weighted by atomic mass is 32.3. The molecule has 27 atom stereocenters. The van der Waals surface area contributed by atoms with E-state index in [-0.39, 0.29) is 74.5 Å². The van der Waals surface area contributed by atoms with Crippen molar-refractivity contribution in [3.8, 4) is 0 Å². The van der Waals surface area contributed by atoms with Crippen LogP contribution >= 0.6 is 0 Å². The molecule has 0 aromatic rings. The van der Waals surface area contributed by atoms with Crippen molar-refractivity contribution >= 4 is 20.8 Å². The van der Waals surface area contributed by atoms with Crippen LogP contribution in [0.25, 0.3) is 0 Å². The zero-order chi connectivity index (χ0) is 57.3. The Morgan fingerprint density at radius 2 is 1.27 bits per heavy atom. The monoisotopic (exact) mass is 1170 g/mol. The van der Waals surface area contributed by atoms with Crippen molar-refractivity contribution in [1.82, 2.24) is 0 Å².